The molecule has 0 aliphatic carbocycles. The highest BCUT2D eigenvalue weighted by Crippen LogP contribution is 2.40. The van der Waals surface area contributed by atoms with Crippen LogP contribution in [0.1, 0.15) is 12.0 Å². The second-order valence-electron chi connectivity index (χ2n) is 7.51. The average molecular weight is 399 g/mol. The molecule has 154 valence electrons. The van der Waals surface area contributed by atoms with Gasteiger partial charge in [0.05, 0.1) is 32.5 Å². The van der Waals surface area contributed by atoms with Crippen molar-refractivity contribution in [2.45, 2.75) is 19.4 Å². The molecule has 0 bridgehead atoms. The molecule has 0 N–H and O–H groups in total. The average Bonchev–Trinajstić information content (AvgIpc) is 3.23. The van der Waals surface area contributed by atoms with E-state index in [2.05, 4.69) is 27.7 Å². The van der Waals surface area contributed by atoms with Crippen molar-refractivity contribution in [2.75, 3.05) is 53.4 Å². The Morgan fingerprint density at radius 3 is 2.76 bits per heavy atom. The molecule has 0 amide bonds. The molecule has 0 saturated carbocycles. The van der Waals surface area contributed by atoms with Gasteiger partial charge in [-0.2, -0.15) is 4.57 Å². The number of aryl methyl sites for hydroxylation is 1. The number of nitrogens with zero attached hydrogens (tertiary/aromatic N) is 2. The van der Waals surface area contributed by atoms with Gasteiger partial charge in [-0.25, -0.2) is 0 Å². The number of fused-ring (bicyclic) bond motifs is 4. The Morgan fingerprint density at radius 1 is 1.10 bits per heavy atom. The highest BCUT2D eigenvalue weighted by molar-refractivity contribution is 5.68. The van der Waals surface area contributed by atoms with Crippen molar-refractivity contribution in [3.8, 4) is 34.4 Å². The Bertz CT molecular complexity index is 895. The minimum Gasteiger partial charge on any atom is -0.488 e. The highest BCUT2D eigenvalue weighted by Gasteiger charge is 2.32. The van der Waals surface area contributed by atoms with E-state index in [1.165, 1.54) is 11.1 Å². The van der Waals surface area contributed by atoms with Crippen molar-refractivity contribution >= 4 is 0 Å². The molecular formula is C22H27N2O5+. The summed E-state index contributed by atoms with van der Waals surface area (Å²) in [7, 11) is 1.69. The van der Waals surface area contributed by atoms with Gasteiger partial charge in [0, 0.05) is 32.1 Å². The lowest BCUT2D eigenvalue weighted by Crippen LogP contribution is -2.42. The summed E-state index contributed by atoms with van der Waals surface area (Å²) in [6.07, 6.45) is 1.89. The van der Waals surface area contributed by atoms with E-state index in [1.807, 2.05) is 6.07 Å². The molecule has 1 aromatic carbocycles. The van der Waals surface area contributed by atoms with E-state index in [0.717, 1.165) is 81.1 Å². The van der Waals surface area contributed by atoms with E-state index in [4.69, 9.17) is 23.7 Å². The van der Waals surface area contributed by atoms with Crippen molar-refractivity contribution in [3.63, 3.8) is 0 Å². The summed E-state index contributed by atoms with van der Waals surface area (Å²) in [5.74, 6) is 3.21. The van der Waals surface area contributed by atoms with Crippen molar-refractivity contribution in [2.24, 2.45) is 0 Å². The summed E-state index contributed by atoms with van der Waals surface area (Å²) in [6.45, 7) is 6.49. The lowest BCUT2D eigenvalue weighted by Gasteiger charge is -2.26. The predicted octanol–water partition coefficient (Wildman–Crippen LogP) is 2.04. The third kappa shape index (κ3) is 3.60. The summed E-state index contributed by atoms with van der Waals surface area (Å²) in [4.78, 5) is 2.43. The van der Waals surface area contributed by atoms with Gasteiger partial charge in [-0.05, 0) is 30.2 Å². The summed E-state index contributed by atoms with van der Waals surface area (Å²) in [5.41, 5.74) is 3.56. The normalized spacial score (nSPS) is 17.6. The van der Waals surface area contributed by atoms with Crippen molar-refractivity contribution in [3.05, 3.63) is 29.8 Å². The maximum atomic E-state index is 6.25. The second kappa shape index (κ2) is 8.08. The van der Waals surface area contributed by atoms with Crippen molar-refractivity contribution in [1.29, 1.82) is 0 Å². The fraction of sp³-hybridized carbons (Fsp3) is 0.500. The minimum atomic E-state index is 0.290. The van der Waals surface area contributed by atoms with Gasteiger partial charge in [0.25, 0.3) is 0 Å². The lowest BCUT2D eigenvalue weighted by atomic mass is 9.96. The summed E-state index contributed by atoms with van der Waals surface area (Å²) >= 11 is 0. The van der Waals surface area contributed by atoms with Gasteiger partial charge in [-0.15, -0.1) is 0 Å². The van der Waals surface area contributed by atoms with Gasteiger partial charge >= 0.3 is 5.88 Å². The van der Waals surface area contributed by atoms with Gasteiger partial charge in [-0.3, -0.25) is 4.90 Å². The van der Waals surface area contributed by atoms with E-state index in [-0.39, 0.29) is 0 Å². The Hall–Kier alpha value is -2.51. The van der Waals surface area contributed by atoms with Crippen LogP contribution in [0.2, 0.25) is 0 Å². The van der Waals surface area contributed by atoms with Crippen LogP contribution in [-0.2, 0) is 17.7 Å². The third-order valence-corrected chi connectivity index (χ3v) is 5.80. The molecule has 3 aliphatic heterocycles. The minimum absolute atomic E-state index is 0.290. The first-order valence-corrected chi connectivity index (χ1v) is 10.3. The molecule has 0 spiro atoms. The van der Waals surface area contributed by atoms with Crippen molar-refractivity contribution in [1.82, 2.24) is 4.90 Å². The van der Waals surface area contributed by atoms with Crippen LogP contribution in [0.4, 0.5) is 0 Å². The number of aromatic nitrogens is 1. The molecule has 7 nitrogen and oxygen atoms in total. The predicted molar refractivity (Wildman–Crippen MR) is 106 cm³/mol. The highest BCUT2D eigenvalue weighted by atomic mass is 16.7. The number of ether oxygens (including phenoxy) is 5. The van der Waals surface area contributed by atoms with Crippen LogP contribution in [0.15, 0.2) is 24.3 Å². The first-order chi connectivity index (χ1) is 14.3. The van der Waals surface area contributed by atoms with Crippen LogP contribution in [0.5, 0.6) is 23.1 Å². The molecule has 0 radical (unpaired) electrons. The van der Waals surface area contributed by atoms with Crippen LogP contribution in [-0.4, -0.2) is 58.3 Å². The second-order valence-corrected chi connectivity index (χ2v) is 7.51. The molecule has 4 heterocycles. The molecule has 3 aliphatic rings. The number of hydrogen-bond acceptors (Lipinski definition) is 6. The Balaban J connectivity index is 1.36. The number of benzene rings is 1. The Morgan fingerprint density at radius 2 is 1.93 bits per heavy atom. The number of rotatable bonds is 6. The van der Waals surface area contributed by atoms with Crippen LogP contribution in [0.25, 0.3) is 11.3 Å². The van der Waals surface area contributed by atoms with Gasteiger partial charge in [-0.1, -0.05) is 0 Å². The zero-order valence-electron chi connectivity index (χ0n) is 16.8. The zero-order chi connectivity index (χ0) is 19.6. The standard InChI is InChI=1S/C22H27N2O5/c1-25-19-4-3-18-17-14-21-20(28-15-29-21)13-16(17)5-7-24(18)22(19)27-10-2-6-23-8-11-26-12-9-23/h3-4,13-14H,2,5-12,15H2,1H3/q+1. The summed E-state index contributed by atoms with van der Waals surface area (Å²) < 4.78 is 30.6. The van der Waals surface area contributed by atoms with E-state index in [1.54, 1.807) is 7.11 Å². The van der Waals surface area contributed by atoms with E-state index in [9.17, 15) is 0 Å². The molecule has 7 heteroatoms. The van der Waals surface area contributed by atoms with Gasteiger partial charge in [0.2, 0.25) is 18.2 Å². The molecule has 1 aromatic heterocycles. The largest absolute Gasteiger partial charge is 0.488 e. The van der Waals surface area contributed by atoms with E-state index in [0.29, 0.717) is 13.4 Å². The third-order valence-electron chi connectivity index (χ3n) is 5.80. The monoisotopic (exact) mass is 399 g/mol. The van der Waals surface area contributed by atoms with Gasteiger partial charge in [0.1, 0.15) is 0 Å². The maximum absolute atomic E-state index is 6.25. The molecule has 5 rings (SSSR count). The quantitative estimate of drug-likeness (QED) is 0.547. The molecule has 0 atom stereocenters. The Labute approximate surface area is 170 Å². The molecule has 0 unspecified atom stereocenters. The van der Waals surface area contributed by atoms with E-state index >= 15 is 0 Å². The molecular weight excluding hydrogens is 372 g/mol. The first kappa shape index (κ1) is 18.5. The number of hydrogen-bond donors (Lipinski definition) is 0. The number of pyridine rings is 1. The fourth-order valence-electron chi connectivity index (χ4n) is 4.26. The molecule has 2 aromatic rings. The Kier molecular flexibility index (Phi) is 5.16. The number of morpholine rings is 1. The van der Waals surface area contributed by atoms with E-state index < -0.39 is 0 Å². The summed E-state index contributed by atoms with van der Waals surface area (Å²) in [5, 5.41) is 0. The molecule has 29 heavy (non-hydrogen) atoms. The number of methoxy groups -OCH3 is 1. The van der Waals surface area contributed by atoms with Crippen LogP contribution in [0.3, 0.4) is 0 Å². The molecule has 1 fully saturated rings. The van der Waals surface area contributed by atoms with Crippen molar-refractivity contribution < 1.29 is 28.3 Å². The zero-order valence-corrected chi connectivity index (χ0v) is 16.8. The lowest BCUT2D eigenvalue weighted by molar-refractivity contribution is -0.693. The maximum Gasteiger partial charge on any atom is 0.411 e. The first-order valence-electron chi connectivity index (χ1n) is 10.3. The fourth-order valence-corrected chi connectivity index (χ4v) is 4.26. The van der Waals surface area contributed by atoms with Gasteiger partial charge in [0.15, 0.2) is 18.0 Å². The SMILES string of the molecule is COc1ccc2[n+](c1OCCCN1CCOCC1)CCc1cc3c(cc1-2)OCO3. The topological polar surface area (TPSA) is 53.3 Å². The van der Waals surface area contributed by atoms with Crippen LogP contribution in [0, 0.1) is 0 Å². The molecule has 1 saturated heterocycles. The van der Waals surface area contributed by atoms with Crippen LogP contribution >= 0.6 is 0 Å². The van der Waals surface area contributed by atoms with Crippen LogP contribution < -0.4 is 23.5 Å². The smallest absolute Gasteiger partial charge is 0.411 e. The van der Waals surface area contributed by atoms with Gasteiger partial charge < -0.3 is 23.7 Å². The summed E-state index contributed by atoms with van der Waals surface area (Å²) in [6, 6.07) is 8.27.